The number of rotatable bonds is 2. The van der Waals surface area contributed by atoms with Crippen molar-refractivity contribution in [2.24, 2.45) is 0 Å². The number of thiophene rings is 1. The van der Waals surface area contributed by atoms with E-state index in [1.54, 1.807) is 22.2 Å². The maximum atomic E-state index is 4.69. The molecule has 1 aromatic carbocycles. The predicted molar refractivity (Wildman–Crippen MR) is 87.9 cm³/mol. The van der Waals surface area contributed by atoms with Gasteiger partial charge in [0.05, 0.1) is 5.39 Å². The van der Waals surface area contributed by atoms with Crippen LogP contribution in [0.4, 0.5) is 11.6 Å². The van der Waals surface area contributed by atoms with E-state index in [0.717, 1.165) is 22.6 Å². The fourth-order valence-corrected chi connectivity index (χ4v) is 4.32. The second kappa shape index (κ2) is 4.51. The standard InChI is InChI=1S/C16H13N5S/c1-2-5-10(6-3-1)18-16-19-14-13-11-7-4-8-12(11)22-15(13)17-9-21(14)20-16/h1-3,5-6,9H,4,7-8H2,(H,18,20). The summed E-state index contributed by atoms with van der Waals surface area (Å²) in [4.78, 5) is 11.8. The second-order valence-corrected chi connectivity index (χ2v) is 6.56. The number of hydrogen-bond acceptors (Lipinski definition) is 5. The molecule has 0 spiro atoms. The van der Waals surface area contributed by atoms with Crippen LogP contribution in [-0.4, -0.2) is 19.6 Å². The van der Waals surface area contributed by atoms with Crippen molar-refractivity contribution < 1.29 is 0 Å². The second-order valence-electron chi connectivity index (χ2n) is 5.48. The molecule has 0 aliphatic heterocycles. The quantitative estimate of drug-likeness (QED) is 0.615. The van der Waals surface area contributed by atoms with Crippen LogP contribution in [0.5, 0.6) is 0 Å². The fraction of sp³-hybridized carbons (Fsp3) is 0.188. The van der Waals surface area contributed by atoms with Crippen LogP contribution >= 0.6 is 11.3 Å². The average molecular weight is 307 g/mol. The van der Waals surface area contributed by atoms with Gasteiger partial charge in [0.25, 0.3) is 0 Å². The summed E-state index contributed by atoms with van der Waals surface area (Å²) in [7, 11) is 0. The van der Waals surface area contributed by atoms with Crippen molar-refractivity contribution in [3.63, 3.8) is 0 Å². The first-order chi connectivity index (χ1) is 10.9. The van der Waals surface area contributed by atoms with Crippen LogP contribution in [0.3, 0.4) is 0 Å². The van der Waals surface area contributed by atoms with Gasteiger partial charge in [0.15, 0.2) is 5.65 Å². The highest BCUT2D eigenvalue weighted by molar-refractivity contribution is 7.19. The molecule has 5 nitrogen and oxygen atoms in total. The minimum atomic E-state index is 0.610. The molecule has 0 saturated carbocycles. The molecule has 5 rings (SSSR count). The summed E-state index contributed by atoms with van der Waals surface area (Å²) in [6.07, 6.45) is 5.30. The number of fused-ring (bicyclic) bond motifs is 5. The number of para-hydroxylation sites is 1. The van der Waals surface area contributed by atoms with E-state index in [0.29, 0.717) is 5.95 Å². The SMILES string of the molecule is c1ccc(Nc2nc3c4c5c(sc4ncn3n2)CCC5)cc1. The van der Waals surface area contributed by atoms with Crippen molar-refractivity contribution in [1.82, 2.24) is 19.6 Å². The summed E-state index contributed by atoms with van der Waals surface area (Å²) < 4.78 is 1.78. The lowest BCUT2D eigenvalue weighted by Crippen LogP contribution is -1.93. The third kappa shape index (κ3) is 1.74. The van der Waals surface area contributed by atoms with E-state index in [2.05, 4.69) is 15.4 Å². The number of aryl methyl sites for hydroxylation is 2. The molecule has 0 bridgehead atoms. The molecule has 1 aliphatic carbocycles. The Kier molecular flexibility index (Phi) is 2.48. The molecule has 6 heteroatoms. The van der Waals surface area contributed by atoms with E-state index in [1.165, 1.54) is 28.7 Å². The number of nitrogens with zero attached hydrogens (tertiary/aromatic N) is 4. The van der Waals surface area contributed by atoms with Crippen molar-refractivity contribution >= 4 is 38.8 Å². The Morgan fingerprint density at radius 2 is 2.05 bits per heavy atom. The number of hydrogen-bond donors (Lipinski definition) is 1. The van der Waals surface area contributed by atoms with Gasteiger partial charge in [-0.05, 0) is 37.0 Å². The molecule has 1 aliphatic rings. The van der Waals surface area contributed by atoms with Gasteiger partial charge in [0.2, 0.25) is 5.95 Å². The Morgan fingerprint density at radius 1 is 1.14 bits per heavy atom. The van der Waals surface area contributed by atoms with Gasteiger partial charge in [-0.2, -0.15) is 9.50 Å². The first-order valence-electron chi connectivity index (χ1n) is 7.36. The maximum absolute atomic E-state index is 4.69. The zero-order chi connectivity index (χ0) is 14.5. The first-order valence-corrected chi connectivity index (χ1v) is 8.18. The van der Waals surface area contributed by atoms with Gasteiger partial charge < -0.3 is 5.32 Å². The minimum Gasteiger partial charge on any atom is -0.323 e. The molecular weight excluding hydrogens is 294 g/mol. The van der Waals surface area contributed by atoms with Gasteiger partial charge >= 0.3 is 0 Å². The zero-order valence-electron chi connectivity index (χ0n) is 11.8. The topological polar surface area (TPSA) is 55.1 Å². The summed E-state index contributed by atoms with van der Waals surface area (Å²) in [5.41, 5.74) is 3.32. The molecule has 0 unspecified atom stereocenters. The lowest BCUT2D eigenvalue weighted by molar-refractivity contribution is 0.914. The monoisotopic (exact) mass is 307 g/mol. The molecule has 0 saturated heterocycles. The lowest BCUT2D eigenvalue weighted by Gasteiger charge is -1.98. The highest BCUT2D eigenvalue weighted by Gasteiger charge is 2.21. The smallest absolute Gasteiger partial charge is 0.247 e. The van der Waals surface area contributed by atoms with Crippen LogP contribution < -0.4 is 5.32 Å². The molecule has 3 heterocycles. The third-order valence-electron chi connectivity index (χ3n) is 4.07. The number of aromatic nitrogens is 4. The highest BCUT2D eigenvalue weighted by Crippen LogP contribution is 2.38. The summed E-state index contributed by atoms with van der Waals surface area (Å²) in [5, 5.41) is 8.94. The van der Waals surface area contributed by atoms with Crippen LogP contribution in [0.15, 0.2) is 36.7 Å². The Bertz CT molecular complexity index is 986. The van der Waals surface area contributed by atoms with Gasteiger partial charge in [-0.15, -0.1) is 16.4 Å². The van der Waals surface area contributed by atoms with Gasteiger partial charge in [-0.25, -0.2) is 4.98 Å². The lowest BCUT2D eigenvalue weighted by atomic mass is 10.2. The molecule has 3 aromatic heterocycles. The van der Waals surface area contributed by atoms with Gasteiger partial charge in [0, 0.05) is 10.6 Å². The Labute approximate surface area is 130 Å². The summed E-state index contributed by atoms with van der Waals surface area (Å²) in [6.45, 7) is 0. The van der Waals surface area contributed by atoms with Crippen molar-refractivity contribution in [2.75, 3.05) is 5.32 Å². The van der Waals surface area contributed by atoms with Crippen LogP contribution in [-0.2, 0) is 12.8 Å². The van der Waals surface area contributed by atoms with E-state index >= 15 is 0 Å². The van der Waals surface area contributed by atoms with Crippen molar-refractivity contribution in [3.8, 4) is 0 Å². The molecule has 4 aromatic rings. The van der Waals surface area contributed by atoms with Crippen LogP contribution in [0.25, 0.3) is 15.9 Å². The zero-order valence-corrected chi connectivity index (χ0v) is 12.6. The van der Waals surface area contributed by atoms with Gasteiger partial charge in [-0.3, -0.25) is 0 Å². The van der Waals surface area contributed by atoms with E-state index < -0.39 is 0 Å². The van der Waals surface area contributed by atoms with E-state index in [9.17, 15) is 0 Å². The molecule has 0 fully saturated rings. The number of anilines is 2. The van der Waals surface area contributed by atoms with Crippen molar-refractivity contribution in [2.45, 2.75) is 19.3 Å². The summed E-state index contributed by atoms with van der Waals surface area (Å²) in [5.74, 6) is 0.610. The van der Waals surface area contributed by atoms with Crippen molar-refractivity contribution in [1.29, 1.82) is 0 Å². The van der Waals surface area contributed by atoms with Crippen LogP contribution in [0.2, 0.25) is 0 Å². The van der Waals surface area contributed by atoms with E-state index in [-0.39, 0.29) is 0 Å². The fourth-order valence-electron chi connectivity index (χ4n) is 3.10. The van der Waals surface area contributed by atoms with Crippen molar-refractivity contribution in [3.05, 3.63) is 47.1 Å². The minimum absolute atomic E-state index is 0.610. The van der Waals surface area contributed by atoms with Gasteiger partial charge in [-0.1, -0.05) is 18.2 Å². The van der Waals surface area contributed by atoms with E-state index in [4.69, 9.17) is 4.98 Å². The van der Waals surface area contributed by atoms with Gasteiger partial charge in [0.1, 0.15) is 11.2 Å². The number of nitrogens with one attached hydrogen (secondary N) is 1. The molecule has 0 atom stereocenters. The Hall–Kier alpha value is -2.47. The summed E-state index contributed by atoms with van der Waals surface area (Å²) >= 11 is 1.80. The summed E-state index contributed by atoms with van der Waals surface area (Å²) in [6, 6.07) is 9.97. The largest absolute Gasteiger partial charge is 0.323 e. The normalized spacial score (nSPS) is 13.8. The third-order valence-corrected chi connectivity index (χ3v) is 5.27. The predicted octanol–water partition coefficient (Wildman–Crippen LogP) is 3.57. The van der Waals surface area contributed by atoms with E-state index in [1.807, 2.05) is 30.3 Å². The molecule has 0 amide bonds. The molecule has 1 N–H and O–H groups in total. The number of benzene rings is 1. The molecule has 108 valence electrons. The highest BCUT2D eigenvalue weighted by atomic mass is 32.1. The maximum Gasteiger partial charge on any atom is 0.247 e. The molecule has 22 heavy (non-hydrogen) atoms. The Balaban J connectivity index is 1.68. The Morgan fingerprint density at radius 3 is 2.95 bits per heavy atom. The van der Waals surface area contributed by atoms with Crippen LogP contribution in [0, 0.1) is 0 Å². The van der Waals surface area contributed by atoms with Crippen LogP contribution in [0.1, 0.15) is 16.9 Å². The first kappa shape index (κ1) is 12.1. The molecule has 0 radical (unpaired) electrons. The molecular formula is C16H13N5S. The average Bonchev–Trinajstić information content (AvgIpc) is 3.20.